The van der Waals surface area contributed by atoms with Gasteiger partial charge in [0.05, 0.1) is 12.0 Å². The highest BCUT2D eigenvalue weighted by molar-refractivity contribution is 5.76. The Balaban J connectivity index is 1.65. The average Bonchev–Trinajstić information content (AvgIpc) is 2.87. The predicted molar refractivity (Wildman–Crippen MR) is 107 cm³/mol. The predicted octanol–water partition coefficient (Wildman–Crippen LogP) is 5.04. The van der Waals surface area contributed by atoms with Gasteiger partial charge in [0.25, 0.3) is 0 Å². The highest BCUT2D eigenvalue weighted by Gasteiger charge is 2.56. The molecule has 146 valence electrons. The number of benzene rings is 1. The van der Waals surface area contributed by atoms with Crippen LogP contribution in [0.1, 0.15) is 80.9 Å². The molecule has 0 radical (unpaired) electrons. The molecule has 0 aliphatic heterocycles. The number of carboxylic acid groups (broad SMARTS) is 1. The Bertz CT molecular complexity index is 767. The first kappa shape index (κ1) is 18.7. The molecule has 0 saturated heterocycles. The number of carbonyl (C=O) groups is 1. The molecule has 0 spiro atoms. The van der Waals surface area contributed by atoms with Crippen LogP contribution in [0.15, 0.2) is 30.4 Å². The molecule has 27 heavy (non-hydrogen) atoms. The summed E-state index contributed by atoms with van der Waals surface area (Å²) in [5.41, 5.74) is 4.97. The number of hydrogen-bond donors (Lipinski definition) is 2. The van der Waals surface area contributed by atoms with Crippen LogP contribution in [0.3, 0.4) is 0 Å². The minimum atomic E-state index is -0.713. The van der Waals surface area contributed by atoms with Gasteiger partial charge in [-0.1, -0.05) is 50.6 Å². The van der Waals surface area contributed by atoms with Crippen molar-refractivity contribution >= 4 is 5.97 Å². The van der Waals surface area contributed by atoms with Crippen LogP contribution in [0.25, 0.3) is 0 Å². The van der Waals surface area contributed by atoms with Gasteiger partial charge in [-0.2, -0.15) is 0 Å². The zero-order valence-electron chi connectivity index (χ0n) is 16.6. The van der Waals surface area contributed by atoms with Crippen molar-refractivity contribution < 1.29 is 15.0 Å². The second-order valence-electron chi connectivity index (χ2n) is 9.35. The lowest BCUT2D eigenvalue weighted by Gasteiger charge is -2.50. The van der Waals surface area contributed by atoms with Crippen molar-refractivity contribution in [2.45, 2.75) is 76.7 Å². The summed E-state index contributed by atoms with van der Waals surface area (Å²) >= 11 is 0. The quantitative estimate of drug-likeness (QED) is 0.732. The number of hydrogen-bond acceptors (Lipinski definition) is 2. The first-order chi connectivity index (χ1) is 12.9. The molecule has 4 unspecified atom stereocenters. The van der Waals surface area contributed by atoms with Crippen LogP contribution in [0.4, 0.5) is 0 Å². The Morgan fingerprint density at radius 3 is 2.85 bits per heavy atom. The molecular weight excluding hydrogens is 336 g/mol. The molecule has 2 fully saturated rings. The molecule has 3 heteroatoms. The van der Waals surface area contributed by atoms with E-state index in [1.54, 1.807) is 0 Å². The topological polar surface area (TPSA) is 57.5 Å². The molecule has 3 nitrogen and oxygen atoms in total. The monoisotopic (exact) mass is 368 g/mol. The number of aliphatic hydroxyl groups excluding tert-OH is 1. The molecule has 2 saturated carbocycles. The van der Waals surface area contributed by atoms with E-state index >= 15 is 0 Å². The smallest absolute Gasteiger partial charge is 0.310 e. The third-order valence-corrected chi connectivity index (χ3v) is 7.90. The normalized spacial score (nSPS) is 35.9. The van der Waals surface area contributed by atoms with E-state index in [9.17, 15) is 15.0 Å². The van der Waals surface area contributed by atoms with Crippen molar-refractivity contribution in [1.29, 1.82) is 0 Å². The van der Waals surface area contributed by atoms with E-state index in [1.165, 1.54) is 16.7 Å². The van der Waals surface area contributed by atoms with E-state index in [0.717, 1.165) is 44.1 Å². The maximum absolute atomic E-state index is 11.7. The van der Waals surface area contributed by atoms with Gasteiger partial charge >= 0.3 is 5.97 Å². The van der Waals surface area contributed by atoms with E-state index in [4.69, 9.17) is 0 Å². The Morgan fingerprint density at radius 2 is 2.15 bits per heavy atom. The summed E-state index contributed by atoms with van der Waals surface area (Å²) in [6, 6.07) is 6.44. The lowest BCUT2D eigenvalue weighted by Crippen LogP contribution is -2.44. The van der Waals surface area contributed by atoms with E-state index in [0.29, 0.717) is 24.2 Å². The number of carboxylic acids is 1. The van der Waals surface area contributed by atoms with E-state index in [2.05, 4.69) is 31.7 Å². The summed E-state index contributed by atoms with van der Waals surface area (Å²) in [5.74, 6) is 0.411. The fraction of sp³-hybridized carbons (Fsp3) is 0.625. The number of aryl methyl sites for hydroxylation is 1. The van der Waals surface area contributed by atoms with Gasteiger partial charge in [-0.05, 0) is 73.0 Å². The minimum absolute atomic E-state index is 0.00871. The van der Waals surface area contributed by atoms with Crippen LogP contribution in [0.5, 0.6) is 0 Å². The zero-order chi connectivity index (χ0) is 19.3. The van der Waals surface area contributed by atoms with Crippen molar-refractivity contribution in [1.82, 2.24) is 0 Å². The fourth-order valence-corrected chi connectivity index (χ4v) is 6.53. The van der Waals surface area contributed by atoms with Crippen LogP contribution in [-0.4, -0.2) is 22.3 Å². The Labute approximate surface area is 162 Å². The number of aliphatic hydroxyl groups is 1. The SMILES string of the molecule is C=C1C[C@H](O)[C@@]2(C)CCC3c4ccc(C(CCC)C(=O)O)cc4CCC3C12. The summed E-state index contributed by atoms with van der Waals surface area (Å²) in [6.07, 6.45) is 6.39. The third kappa shape index (κ3) is 2.86. The van der Waals surface area contributed by atoms with Crippen molar-refractivity contribution in [3.05, 3.63) is 47.0 Å². The van der Waals surface area contributed by atoms with Gasteiger partial charge in [-0.3, -0.25) is 4.79 Å². The molecule has 3 aliphatic rings. The lowest BCUT2D eigenvalue weighted by atomic mass is 9.55. The van der Waals surface area contributed by atoms with Gasteiger partial charge in [0.1, 0.15) is 0 Å². The second kappa shape index (κ2) is 6.77. The van der Waals surface area contributed by atoms with Crippen molar-refractivity contribution in [3.8, 4) is 0 Å². The molecule has 4 rings (SSSR count). The molecule has 1 aromatic carbocycles. The van der Waals surface area contributed by atoms with Gasteiger partial charge < -0.3 is 10.2 Å². The zero-order valence-corrected chi connectivity index (χ0v) is 16.6. The van der Waals surface area contributed by atoms with Crippen molar-refractivity contribution in [3.63, 3.8) is 0 Å². The van der Waals surface area contributed by atoms with Crippen LogP contribution in [-0.2, 0) is 11.2 Å². The summed E-state index contributed by atoms with van der Waals surface area (Å²) in [4.78, 5) is 11.7. The summed E-state index contributed by atoms with van der Waals surface area (Å²) < 4.78 is 0. The third-order valence-electron chi connectivity index (χ3n) is 7.90. The molecule has 3 aliphatic carbocycles. The summed E-state index contributed by atoms with van der Waals surface area (Å²) in [5, 5.41) is 20.2. The summed E-state index contributed by atoms with van der Waals surface area (Å²) in [6.45, 7) is 8.64. The van der Waals surface area contributed by atoms with E-state index in [-0.39, 0.29) is 11.5 Å². The maximum atomic E-state index is 11.7. The van der Waals surface area contributed by atoms with Crippen LogP contribution < -0.4 is 0 Å². The number of aliphatic carboxylic acids is 1. The molecule has 0 aromatic heterocycles. The minimum Gasteiger partial charge on any atom is -0.481 e. The summed E-state index contributed by atoms with van der Waals surface area (Å²) in [7, 11) is 0. The number of rotatable bonds is 4. The molecule has 0 bridgehead atoms. The number of fused-ring (bicyclic) bond motifs is 5. The molecule has 6 atom stereocenters. The highest BCUT2D eigenvalue weighted by Crippen LogP contribution is 2.62. The Kier molecular flexibility index (Phi) is 4.70. The first-order valence-corrected chi connectivity index (χ1v) is 10.6. The highest BCUT2D eigenvalue weighted by atomic mass is 16.4. The van der Waals surface area contributed by atoms with Gasteiger partial charge in [-0.15, -0.1) is 0 Å². The maximum Gasteiger partial charge on any atom is 0.310 e. The Morgan fingerprint density at radius 1 is 1.37 bits per heavy atom. The molecular formula is C24H32O3. The molecule has 2 N–H and O–H groups in total. The van der Waals surface area contributed by atoms with Crippen molar-refractivity contribution in [2.75, 3.05) is 0 Å². The van der Waals surface area contributed by atoms with Crippen LogP contribution in [0.2, 0.25) is 0 Å². The van der Waals surface area contributed by atoms with Gasteiger partial charge in [0.15, 0.2) is 0 Å². The van der Waals surface area contributed by atoms with Gasteiger partial charge in [0, 0.05) is 5.41 Å². The molecule has 0 heterocycles. The van der Waals surface area contributed by atoms with Crippen LogP contribution in [0, 0.1) is 17.3 Å². The lowest BCUT2D eigenvalue weighted by molar-refractivity contribution is -0.139. The first-order valence-electron chi connectivity index (χ1n) is 10.6. The van der Waals surface area contributed by atoms with E-state index < -0.39 is 11.9 Å². The fourth-order valence-electron chi connectivity index (χ4n) is 6.53. The van der Waals surface area contributed by atoms with Gasteiger partial charge in [-0.25, -0.2) is 0 Å². The van der Waals surface area contributed by atoms with E-state index in [1.807, 2.05) is 6.92 Å². The largest absolute Gasteiger partial charge is 0.481 e. The Hall–Kier alpha value is -1.61. The van der Waals surface area contributed by atoms with Crippen LogP contribution >= 0.6 is 0 Å². The van der Waals surface area contributed by atoms with Gasteiger partial charge in [0.2, 0.25) is 0 Å². The average molecular weight is 369 g/mol. The molecule has 0 amide bonds. The second-order valence-corrected chi connectivity index (χ2v) is 9.35. The van der Waals surface area contributed by atoms with Crippen molar-refractivity contribution in [2.24, 2.45) is 17.3 Å². The molecule has 1 aromatic rings. The standard InChI is InChI=1S/C24H32O3/c1-4-5-18(23(26)27)16-6-8-17-15(13-16)7-9-20-19(17)10-11-24(3)21(25)12-14(2)22(20)24/h6,8,13,18-22,25H,2,4-5,7,9-12H2,1,3H3,(H,26,27)/t18?,19?,20?,21-,22?,24+/m0/s1.